The van der Waals surface area contributed by atoms with Crippen LogP contribution in [0.4, 0.5) is 5.95 Å². The van der Waals surface area contributed by atoms with Gasteiger partial charge in [-0.15, -0.1) is 0 Å². The summed E-state index contributed by atoms with van der Waals surface area (Å²) in [6.07, 6.45) is 0.753. The number of aromatic amines is 1. The van der Waals surface area contributed by atoms with Gasteiger partial charge in [-0.1, -0.05) is 104 Å². The molecule has 1 fully saturated rings. The van der Waals surface area contributed by atoms with E-state index in [4.69, 9.17) is 20.0 Å². The van der Waals surface area contributed by atoms with Crippen molar-refractivity contribution in [3.05, 3.63) is 122 Å². The van der Waals surface area contributed by atoms with E-state index in [1.807, 2.05) is 91.9 Å². The number of anilines is 1. The van der Waals surface area contributed by atoms with Gasteiger partial charge >= 0.3 is 4.87 Å². The average molecular weight is 639 g/mol. The number of H-pyrrole nitrogens is 1. The number of nitrogens with zero attached hydrogens (tertiary/aromatic N) is 3. The van der Waals surface area contributed by atoms with Crippen molar-refractivity contribution in [3.63, 3.8) is 0 Å². The largest absolute Gasteiger partial charge is 0.497 e. The molecule has 0 unspecified atom stereocenters. The van der Waals surface area contributed by atoms with Gasteiger partial charge in [0.05, 0.1) is 19.3 Å². The molecule has 10 nitrogen and oxygen atoms in total. The molecule has 0 aliphatic carbocycles. The van der Waals surface area contributed by atoms with E-state index in [0.29, 0.717) is 12.2 Å². The van der Waals surface area contributed by atoms with E-state index < -0.39 is 17.3 Å². The molecule has 46 heavy (non-hydrogen) atoms. The minimum atomic E-state index is -0.994. The van der Waals surface area contributed by atoms with Crippen molar-refractivity contribution in [2.75, 3.05) is 12.4 Å². The molecule has 11 heteroatoms. The number of aromatic nitrogens is 3. The highest BCUT2D eigenvalue weighted by Gasteiger charge is 2.43. The lowest BCUT2D eigenvalue weighted by atomic mass is 9.77. The fourth-order valence-electron chi connectivity index (χ4n) is 6.46. The smallest absolute Gasteiger partial charge is 0.311 e. The van der Waals surface area contributed by atoms with Gasteiger partial charge in [0.2, 0.25) is 5.95 Å². The Labute approximate surface area is 271 Å². The first-order valence-electron chi connectivity index (χ1n) is 15.5. The molecule has 0 saturated carbocycles. The van der Waals surface area contributed by atoms with Crippen LogP contribution in [-0.4, -0.2) is 33.8 Å². The van der Waals surface area contributed by atoms with Crippen LogP contribution < -0.4 is 20.5 Å². The molecule has 238 valence electrons. The number of thiazole rings is 1. The van der Waals surface area contributed by atoms with E-state index in [0.717, 1.165) is 34.4 Å². The van der Waals surface area contributed by atoms with Gasteiger partial charge in [0, 0.05) is 5.92 Å². The number of hydrogen-bond acceptors (Lipinski definition) is 9. The van der Waals surface area contributed by atoms with Crippen molar-refractivity contribution >= 4 is 27.6 Å². The molecule has 1 saturated heterocycles. The molecular weight excluding hydrogens is 600 g/mol. The lowest BCUT2D eigenvalue weighted by Crippen LogP contribution is -2.39. The lowest BCUT2D eigenvalue weighted by Gasteiger charge is -2.37. The van der Waals surface area contributed by atoms with Crippen LogP contribution in [0.5, 0.6) is 5.75 Å². The van der Waals surface area contributed by atoms with Crippen LogP contribution >= 0.6 is 11.3 Å². The van der Waals surface area contributed by atoms with E-state index in [1.165, 1.54) is 4.57 Å². The Morgan fingerprint density at radius 2 is 1.65 bits per heavy atom. The first-order chi connectivity index (χ1) is 22.3. The zero-order valence-electron chi connectivity index (χ0n) is 26.3. The van der Waals surface area contributed by atoms with Gasteiger partial charge in [0.1, 0.15) is 22.2 Å². The molecule has 0 spiro atoms. The molecule has 6 rings (SSSR count). The van der Waals surface area contributed by atoms with E-state index in [9.17, 15) is 9.59 Å². The van der Waals surface area contributed by atoms with Crippen molar-refractivity contribution in [2.45, 2.75) is 57.5 Å². The standard InChI is InChI=1S/C35H38N6O4S/c1-5-21(2)28-20-27(22(3)40-36)32(45-28)41-30-29(46-34(41)43)31(42)38-33(37-30)39-35(23-12-8-6-9-13-23,24-14-10-7-11-15-24)25-16-18-26(44-4)19-17-25/h6-19,21-22,27-28,32,36H,5,20H2,1-4H3,(H2,37,38,39,42)/t21-,22+,27-,28-,32+/m0/s1. The summed E-state index contributed by atoms with van der Waals surface area (Å²) in [7, 11) is 1.63. The summed E-state index contributed by atoms with van der Waals surface area (Å²) in [4.78, 5) is 34.8. The van der Waals surface area contributed by atoms with E-state index in [2.05, 4.69) is 29.3 Å². The molecule has 3 aromatic carbocycles. The number of nitrogens with one attached hydrogen (secondary N) is 3. The number of fused-ring (bicyclic) bond motifs is 1. The van der Waals surface area contributed by atoms with Crippen LogP contribution in [-0.2, 0) is 10.3 Å². The SMILES string of the molecule is CC[C@H](C)[C@@H]1C[C@@H]([C@@H](C)N=N)[C@H](n2c(=O)sc3c(=O)[nH]c(NC(c4ccccc4)(c4ccccc4)c4ccc(OC)cc4)nc32)O1. The van der Waals surface area contributed by atoms with Crippen molar-refractivity contribution in [1.82, 2.24) is 14.5 Å². The molecular formula is C35H38N6O4S. The first kappa shape index (κ1) is 31.4. The Morgan fingerprint density at radius 3 is 2.22 bits per heavy atom. The molecule has 1 aliphatic rings. The topological polar surface area (TPSA) is 134 Å². The van der Waals surface area contributed by atoms with E-state index >= 15 is 0 Å². The van der Waals surface area contributed by atoms with Gasteiger partial charge in [-0.25, -0.2) is 5.53 Å². The molecule has 5 aromatic rings. The first-order valence-corrected chi connectivity index (χ1v) is 16.3. The van der Waals surface area contributed by atoms with Crippen molar-refractivity contribution in [3.8, 4) is 5.75 Å². The second-order valence-electron chi connectivity index (χ2n) is 11.9. The van der Waals surface area contributed by atoms with Crippen LogP contribution in [0, 0.1) is 17.4 Å². The summed E-state index contributed by atoms with van der Waals surface area (Å²) in [6, 6.07) is 27.3. The third-order valence-electron chi connectivity index (χ3n) is 9.26. The van der Waals surface area contributed by atoms with E-state index in [1.54, 1.807) is 7.11 Å². The van der Waals surface area contributed by atoms with Gasteiger partial charge in [0.25, 0.3) is 5.56 Å². The molecule has 1 aliphatic heterocycles. The fourth-order valence-corrected chi connectivity index (χ4v) is 7.30. The minimum absolute atomic E-state index is 0.107. The number of rotatable bonds is 11. The number of benzene rings is 3. The summed E-state index contributed by atoms with van der Waals surface area (Å²) < 4.78 is 13.7. The van der Waals surface area contributed by atoms with Gasteiger partial charge < -0.3 is 14.8 Å². The van der Waals surface area contributed by atoms with Gasteiger partial charge in [0.15, 0.2) is 5.65 Å². The molecule has 0 amide bonds. The fraction of sp³-hybridized carbons (Fsp3) is 0.343. The Balaban J connectivity index is 1.55. The highest BCUT2D eigenvalue weighted by Crippen LogP contribution is 2.43. The van der Waals surface area contributed by atoms with Crippen LogP contribution in [0.3, 0.4) is 0 Å². The Morgan fingerprint density at radius 1 is 1.04 bits per heavy atom. The lowest BCUT2D eigenvalue weighted by molar-refractivity contribution is -0.0346. The summed E-state index contributed by atoms with van der Waals surface area (Å²) in [5.41, 5.74) is 9.29. The van der Waals surface area contributed by atoms with E-state index in [-0.39, 0.29) is 45.2 Å². The summed E-state index contributed by atoms with van der Waals surface area (Å²) in [5, 5.41) is 7.42. The predicted molar refractivity (Wildman–Crippen MR) is 180 cm³/mol. The Bertz CT molecular complexity index is 1880. The zero-order valence-corrected chi connectivity index (χ0v) is 27.1. The predicted octanol–water partition coefficient (Wildman–Crippen LogP) is 6.93. The number of hydrogen-bond donors (Lipinski definition) is 3. The van der Waals surface area contributed by atoms with Crippen molar-refractivity contribution in [1.29, 1.82) is 5.53 Å². The molecule has 5 atom stereocenters. The highest BCUT2D eigenvalue weighted by molar-refractivity contribution is 7.16. The molecule has 0 bridgehead atoms. The van der Waals surface area contributed by atoms with Gasteiger partial charge in [-0.3, -0.25) is 19.1 Å². The average Bonchev–Trinajstić information content (AvgIpc) is 3.68. The zero-order chi connectivity index (χ0) is 32.4. The second kappa shape index (κ2) is 13.0. The quantitative estimate of drug-likeness (QED) is 0.106. The van der Waals surface area contributed by atoms with Crippen LogP contribution in [0.2, 0.25) is 0 Å². The molecule has 3 N–H and O–H groups in total. The Hall–Kier alpha value is -4.61. The molecule has 0 radical (unpaired) electrons. The number of ether oxygens (including phenoxy) is 2. The normalized spacial score (nSPS) is 19.5. The summed E-state index contributed by atoms with van der Waals surface area (Å²) in [5.74, 6) is 0.932. The van der Waals surface area contributed by atoms with Crippen LogP contribution in [0.1, 0.15) is 56.5 Å². The minimum Gasteiger partial charge on any atom is -0.497 e. The molecule has 2 aromatic heterocycles. The van der Waals surface area contributed by atoms with Gasteiger partial charge in [-0.2, -0.15) is 10.1 Å². The van der Waals surface area contributed by atoms with Crippen molar-refractivity contribution in [2.24, 2.45) is 17.0 Å². The third-order valence-corrected chi connectivity index (χ3v) is 10.2. The summed E-state index contributed by atoms with van der Waals surface area (Å²) >= 11 is 0.851. The second-order valence-corrected chi connectivity index (χ2v) is 12.8. The maximum absolute atomic E-state index is 13.7. The third kappa shape index (κ3) is 5.54. The monoisotopic (exact) mass is 638 g/mol. The van der Waals surface area contributed by atoms with Crippen LogP contribution in [0.15, 0.2) is 99.6 Å². The summed E-state index contributed by atoms with van der Waals surface area (Å²) in [6.45, 7) is 6.09. The highest BCUT2D eigenvalue weighted by atomic mass is 32.1. The Kier molecular flexibility index (Phi) is 8.88. The van der Waals surface area contributed by atoms with Gasteiger partial charge in [-0.05, 0) is 48.1 Å². The van der Waals surface area contributed by atoms with Crippen LogP contribution in [0.25, 0.3) is 10.3 Å². The maximum Gasteiger partial charge on any atom is 0.311 e. The molecule has 3 heterocycles. The maximum atomic E-state index is 13.7. The van der Waals surface area contributed by atoms with Crippen molar-refractivity contribution < 1.29 is 9.47 Å². The number of methoxy groups -OCH3 is 1.